The van der Waals surface area contributed by atoms with Gasteiger partial charge in [0, 0.05) is 17.0 Å². The van der Waals surface area contributed by atoms with E-state index in [9.17, 15) is 19.8 Å². The largest absolute Gasteiger partial charge is 0.478 e. The van der Waals surface area contributed by atoms with Crippen LogP contribution in [0.15, 0.2) is 41.8 Å². The van der Waals surface area contributed by atoms with Gasteiger partial charge in [0.15, 0.2) is 5.69 Å². The van der Waals surface area contributed by atoms with Crippen molar-refractivity contribution in [2.75, 3.05) is 0 Å². The van der Waals surface area contributed by atoms with E-state index in [1.54, 1.807) is 24.4 Å². The van der Waals surface area contributed by atoms with Crippen molar-refractivity contribution in [3.63, 3.8) is 0 Å². The molecule has 2 N–H and O–H groups in total. The predicted octanol–water partition coefficient (Wildman–Crippen LogP) is 5.84. The maximum absolute atomic E-state index is 12.1. The molecular weight excluding hydrogens is 436 g/mol. The van der Waals surface area contributed by atoms with E-state index >= 15 is 0 Å². The number of allylic oxidation sites excluding steroid dienone is 1. The number of benzene rings is 1. The number of aryl methyl sites for hydroxylation is 1. The van der Waals surface area contributed by atoms with Gasteiger partial charge in [0.1, 0.15) is 5.82 Å². The summed E-state index contributed by atoms with van der Waals surface area (Å²) in [6, 6.07) is 9.14. The summed E-state index contributed by atoms with van der Waals surface area (Å²) in [5, 5.41) is 21.9. The number of hydrogen-bond acceptors (Lipinski definition) is 4. The number of aliphatic carboxylic acids is 1. The fraction of sp³-hybridized carbons (Fsp3) is 0.261. The molecule has 0 aliphatic heterocycles. The molecule has 0 spiro atoms. The number of aromatic nitrogens is 2. The van der Waals surface area contributed by atoms with Crippen molar-refractivity contribution in [3.8, 4) is 11.3 Å². The molecule has 3 rings (SSSR count). The van der Waals surface area contributed by atoms with E-state index in [0.717, 1.165) is 18.4 Å². The molecule has 0 amide bonds. The highest BCUT2D eigenvalue weighted by Crippen LogP contribution is 2.37. The first-order valence-electron chi connectivity index (χ1n) is 9.92. The average molecular weight is 459 g/mol. The number of halogens is 1. The minimum absolute atomic E-state index is 0.0846. The average Bonchev–Trinajstić information content (AvgIpc) is 3.33. The molecule has 0 aliphatic rings. The van der Waals surface area contributed by atoms with Gasteiger partial charge in [-0.3, -0.25) is 0 Å². The Bertz CT molecular complexity index is 1150. The van der Waals surface area contributed by atoms with Crippen molar-refractivity contribution in [1.29, 1.82) is 0 Å². The fourth-order valence-corrected chi connectivity index (χ4v) is 4.63. The maximum atomic E-state index is 12.1. The van der Waals surface area contributed by atoms with E-state index in [1.807, 2.05) is 22.8 Å². The van der Waals surface area contributed by atoms with Crippen LogP contribution in [0.1, 0.15) is 53.4 Å². The van der Waals surface area contributed by atoms with E-state index < -0.39 is 11.9 Å². The zero-order chi connectivity index (χ0) is 22.5. The molecule has 3 aromatic rings. The summed E-state index contributed by atoms with van der Waals surface area (Å²) in [7, 11) is 0. The van der Waals surface area contributed by atoms with Crippen LogP contribution >= 0.6 is 22.9 Å². The van der Waals surface area contributed by atoms with Crippen LogP contribution in [0.2, 0.25) is 5.02 Å². The molecule has 0 bridgehead atoms. The summed E-state index contributed by atoms with van der Waals surface area (Å²) >= 11 is 7.65. The van der Waals surface area contributed by atoms with Gasteiger partial charge in [-0.25, -0.2) is 14.6 Å². The third kappa shape index (κ3) is 4.73. The molecule has 6 nitrogen and oxygen atoms in total. The molecule has 1 aromatic carbocycles. The number of imidazole rings is 1. The lowest BCUT2D eigenvalue weighted by Crippen LogP contribution is -2.09. The van der Waals surface area contributed by atoms with Crippen LogP contribution < -0.4 is 0 Å². The number of aromatic carboxylic acids is 1. The Morgan fingerprint density at radius 1 is 1.23 bits per heavy atom. The summed E-state index contributed by atoms with van der Waals surface area (Å²) in [5.41, 5.74) is 1.81. The van der Waals surface area contributed by atoms with Crippen LogP contribution in [0.25, 0.3) is 16.8 Å². The molecule has 0 saturated carbocycles. The summed E-state index contributed by atoms with van der Waals surface area (Å²) in [6.45, 7) is 4.04. The number of carboxylic acids is 2. The Kier molecular flexibility index (Phi) is 7.30. The molecule has 0 radical (unpaired) electrons. The van der Waals surface area contributed by atoms with Crippen molar-refractivity contribution in [2.45, 2.75) is 39.7 Å². The lowest BCUT2D eigenvalue weighted by atomic mass is 10.1. The highest BCUT2D eigenvalue weighted by molar-refractivity contribution is 7.12. The fourth-order valence-electron chi connectivity index (χ4n) is 3.47. The number of rotatable bonds is 9. The summed E-state index contributed by atoms with van der Waals surface area (Å²) in [6.07, 6.45) is 3.91. The highest BCUT2D eigenvalue weighted by atomic mass is 35.5. The van der Waals surface area contributed by atoms with Gasteiger partial charge >= 0.3 is 11.9 Å². The van der Waals surface area contributed by atoms with Gasteiger partial charge in [-0.05, 0) is 36.4 Å². The Balaban J connectivity index is 2.27. The molecule has 162 valence electrons. The zero-order valence-corrected chi connectivity index (χ0v) is 18.8. The van der Waals surface area contributed by atoms with Crippen LogP contribution in [-0.2, 0) is 17.8 Å². The van der Waals surface area contributed by atoms with Crippen molar-refractivity contribution in [2.24, 2.45) is 0 Å². The van der Waals surface area contributed by atoms with Crippen molar-refractivity contribution in [1.82, 2.24) is 9.55 Å². The molecule has 0 aliphatic carbocycles. The molecule has 31 heavy (non-hydrogen) atoms. The summed E-state index contributed by atoms with van der Waals surface area (Å²) < 4.78 is 1.86. The number of carbonyl (C=O) groups is 2. The third-order valence-corrected chi connectivity index (χ3v) is 6.29. The minimum Gasteiger partial charge on any atom is -0.478 e. The highest BCUT2D eigenvalue weighted by Gasteiger charge is 2.27. The molecule has 0 saturated heterocycles. The Labute approximate surface area is 189 Å². The summed E-state index contributed by atoms with van der Waals surface area (Å²) in [5.74, 6) is -1.57. The topological polar surface area (TPSA) is 92.4 Å². The minimum atomic E-state index is -1.15. The number of hydrogen-bond donors (Lipinski definition) is 2. The van der Waals surface area contributed by atoms with Crippen LogP contribution in [-0.4, -0.2) is 31.7 Å². The van der Waals surface area contributed by atoms with E-state index in [-0.39, 0.29) is 11.3 Å². The first-order chi connectivity index (χ1) is 14.9. The monoisotopic (exact) mass is 458 g/mol. The second-order valence-corrected chi connectivity index (χ2v) is 8.31. The molecule has 0 unspecified atom stereocenters. The summed E-state index contributed by atoms with van der Waals surface area (Å²) in [4.78, 5) is 28.9. The Hall–Kier alpha value is -2.90. The van der Waals surface area contributed by atoms with Crippen molar-refractivity contribution < 1.29 is 19.8 Å². The first-order valence-corrected chi connectivity index (χ1v) is 11.2. The first kappa shape index (κ1) is 22.8. The third-order valence-electron chi connectivity index (χ3n) is 4.97. The van der Waals surface area contributed by atoms with Gasteiger partial charge in [0.2, 0.25) is 0 Å². The van der Waals surface area contributed by atoms with Gasteiger partial charge in [0.25, 0.3) is 0 Å². The van der Waals surface area contributed by atoms with Crippen LogP contribution in [0.3, 0.4) is 0 Å². The van der Waals surface area contributed by atoms with E-state index in [4.69, 9.17) is 11.6 Å². The Morgan fingerprint density at radius 2 is 1.97 bits per heavy atom. The molecule has 8 heteroatoms. The van der Waals surface area contributed by atoms with Crippen LogP contribution in [0, 0.1) is 0 Å². The Morgan fingerprint density at radius 3 is 2.58 bits per heavy atom. The zero-order valence-electron chi connectivity index (χ0n) is 17.3. The smallest absolute Gasteiger partial charge is 0.356 e. The molecular formula is C23H23ClN2O4S. The van der Waals surface area contributed by atoms with E-state index in [1.165, 1.54) is 17.4 Å². The van der Waals surface area contributed by atoms with Crippen molar-refractivity contribution >= 4 is 40.4 Å². The second kappa shape index (κ2) is 9.94. The molecule has 2 heterocycles. The standard InChI is InChI=1S/C23H23ClN2O4S/c1-3-5-10-18-25-19(23(29)30)20(26(18)13-14-8-6-7-9-17(14)24)16-11-12-31-21(16)15(4-2)22(27)28/h4,6-9,11-12H,3,5,10,13H2,1-2H3,(H,27,28)(H,29,30). The van der Waals surface area contributed by atoms with Gasteiger partial charge in [-0.2, -0.15) is 0 Å². The van der Waals surface area contributed by atoms with Crippen LogP contribution in [0.5, 0.6) is 0 Å². The second-order valence-electron chi connectivity index (χ2n) is 6.98. The van der Waals surface area contributed by atoms with Crippen LogP contribution in [0.4, 0.5) is 0 Å². The number of carboxylic acid groups (broad SMARTS) is 2. The molecule has 2 aromatic heterocycles. The quantitative estimate of drug-likeness (QED) is 0.393. The number of nitrogens with zero attached hydrogens (tertiary/aromatic N) is 2. The lowest BCUT2D eigenvalue weighted by molar-refractivity contribution is -0.130. The predicted molar refractivity (Wildman–Crippen MR) is 123 cm³/mol. The molecule has 0 fully saturated rings. The lowest BCUT2D eigenvalue weighted by Gasteiger charge is -2.14. The SMILES string of the molecule is CC=C(C(=O)O)c1sccc1-c1c(C(=O)O)nc(CCCC)n1Cc1ccccc1Cl. The number of unbranched alkanes of at least 4 members (excludes halogenated alkanes) is 1. The maximum Gasteiger partial charge on any atom is 0.356 e. The normalized spacial score (nSPS) is 11.6. The van der Waals surface area contributed by atoms with Gasteiger partial charge in [-0.15, -0.1) is 11.3 Å². The van der Waals surface area contributed by atoms with Gasteiger partial charge < -0.3 is 14.8 Å². The molecule has 0 atom stereocenters. The van der Waals surface area contributed by atoms with Gasteiger partial charge in [0.05, 0.1) is 22.7 Å². The van der Waals surface area contributed by atoms with E-state index in [0.29, 0.717) is 39.9 Å². The van der Waals surface area contributed by atoms with E-state index in [2.05, 4.69) is 11.9 Å². The van der Waals surface area contributed by atoms with Crippen molar-refractivity contribution in [3.05, 3.63) is 68.8 Å². The van der Waals surface area contributed by atoms with Gasteiger partial charge in [-0.1, -0.05) is 49.2 Å². The number of thiophene rings is 1.